The van der Waals surface area contributed by atoms with Crippen LogP contribution in [0.4, 0.5) is 0 Å². The Morgan fingerprint density at radius 1 is 1.10 bits per heavy atom. The molecule has 4 nitrogen and oxygen atoms in total. The summed E-state index contributed by atoms with van der Waals surface area (Å²) in [5, 5.41) is 7.01. The minimum absolute atomic E-state index is 0.640. The second kappa shape index (κ2) is 8.50. The van der Waals surface area contributed by atoms with E-state index in [-0.39, 0.29) is 0 Å². The second-order valence-electron chi connectivity index (χ2n) is 6.12. The number of piperidine rings is 1. The van der Waals surface area contributed by atoms with Crippen LogP contribution >= 0.6 is 0 Å². The average molecular weight is 280 g/mol. The number of nitrogens with zero attached hydrogens (tertiary/aromatic N) is 2. The summed E-state index contributed by atoms with van der Waals surface area (Å²) in [7, 11) is 0. The van der Waals surface area contributed by atoms with Crippen LogP contribution in [0.15, 0.2) is 4.99 Å². The normalized spacial score (nSPS) is 25.9. The first-order valence-corrected chi connectivity index (χ1v) is 8.62. The maximum atomic E-state index is 4.85. The van der Waals surface area contributed by atoms with E-state index in [4.69, 9.17) is 4.99 Å². The van der Waals surface area contributed by atoms with Crippen molar-refractivity contribution in [3.05, 3.63) is 0 Å². The Morgan fingerprint density at radius 3 is 2.55 bits per heavy atom. The highest BCUT2D eigenvalue weighted by molar-refractivity contribution is 5.80. The Morgan fingerprint density at radius 2 is 1.85 bits per heavy atom. The summed E-state index contributed by atoms with van der Waals surface area (Å²) < 4.78 is 0. The van der Waals surface area contributed by atoms with Crippen LogP contribution in [-0.4, -0.2) is 49.1 Å². The zero-order valence-corrected chi connectivity index (χ0v) is 13.3. The molecule has 2 aliphatic rings. The van der Waals surface area contributed by atoms with Crippen LogP contribution in [0.25, 0.3) is 0 Å². The minimum Gasteiger partial charge on any atom is -0.357 e. The van der Waals surface area contributed by atoms with Crippen molar-refractivity contribution in [1.29, 1.82) is 0 Å². The molecule has 116 valence electrons. The topological polar surface area (TPSA) is 39.7 Å². The summed E-state index contributed by atoms with van der Waals surface area (Å²) in [6, 6.07) is 1.29. The van der Waals surface area contributed by atoms with Gasteiger partial charge in [-0.3, -0.25) is 9.89 Å². The number of aliphatic imine (C=N–C) groups is 1. The maximum Gasteiger partial charge on any atom is 0.191 e. The second-order valence-corrected chi connectivity index (χ2v) is 6.12. The molecule has 20 heavy (non-hydrogen) atoms. The lowest BCUT2D eigenvalue weighted by molar-refractivity contribution is 0.161. The van der Waals surface area contributed by atoms with Gasteiger partial charge in [0.25, 0.3) is 0 Å². The molecule has 0 spiro atoms. The van der Waals surface area contributed by atoms with Crippen LogP contribution in [0, 0.1) is 0 Å². The molecule has 0 aromatic carbocycles. The fraction of sp³-hybridized carbons (Fsp3) is 0.938. The van der Waals surface area contributed by atoms with Gasteiger partial charge in [0.1, 0.15) is 0 Å². The third-order valence-electron chi connectivity index (χ3n) is 4.66. The predicted octanol–water partition coefficient (Wildman–Crippen LogP) is 2.36. The predicted molar refractivity (Wildman–Crippen MR) is 86.3 cm³/mol. The minimum atomic E-state index is 0.640. The summed E-state index contributed by atoms with van der Waals surface area (Å²) in [6.07, 6.45) is 9.36. The molecule has 1 aliphatic heterocycles. The molecule has 1 saturated heterocycles. The van der Waals surface area contributed by atoms with Crippen LogP contribution in [0.5, 0.6) is 0 Å². The average Bonchev–Trinajstić information content (AvgIpc) is 2.98. The Labute approximate surface area is 124 Å². The van der Waals surface area contributed by atoms with Gasteiger partial charge in [0.05, 0.1) is 6.54 Å². The number of likely N-dealkylation sites (N-methyl/N-ethyl adjacent to an activating group) is 1. The first kappa shape index (κ1) is 15.6. The molecule has 0 amide bonds. The van der Waals surface area contributed by atoms with E-state index >= 15 is 0 Å². The van der Waals surface area contributed by atoms with E-state index in [2.05, 4.69) is 29.4 Å². The standard InChI is InChI=1S/C16H32N4/c1-3-17-16(19-14-9-5-6-10-14)18-13-15-11-7-8-12-20(15)4-2/h14-15H,3-13H2,1-2H3,(H2,17,18,19). The molecule has 0 aromatic heterocycles. The van der Waals surface area contributed by atoms with Crippen molar-refractivity contribution in [3.8, 4) is 0 Å². The number of likely N-dealkylation sites (tertiary alicyclic amines) is 1. The fourth-order valence-electron chi connectivity index (χ4n) is 3.46. The lowest BCUT2D eigenvalue weighted by Gasteiger charge is -2.34. The Kier molecular flexibility index (Phi) is 6.64. The van der Waals surface area contributed by atoms with Crippen molar-refractivity contribution >= 4 is 5.96 Å². The molecule has 1 heterocycles. The van der Waals surface area contributed by atoms with Crippen LogP contribution in [0.3, 0.4) is 0 Å². The fourth-order valence-corrected chi connectivity index (χ4v) is 3.46. The van der Waals surface area contributed by atoms with Crippen LogP contribution in [-0.2, 0) is 0 Å². The molecule has 1 unspecified atom stereocenters. The Bertz CT molecular complexity index is 297. The molecule has 0 bridgehead atoms. The smallest absolute Gasteiger partial charge is 0.191 e. The summed E-state index contributed by atoms with van der Waals surface area (Å²) in [6.45, 7) is 8.71. The number of rotatable bonds is 5. The molecule has 1 aliphatic carbocycles. The number of nitrogens with one attached hydrogen (secondary N) is 2. The zero-order chi connectivity index (χ0) is 14.2. The van der Waals surface area contributed by atoms with Crippen molar-refractivity contribution in [2.75, 3.05) is 26.2 Å². The van der Waals surface area contributed by atoms with Gasteiger partial charge < -0.3 is 10.6 Å². The van der Waals surface area contributed by atoms with Gasteiger partial charge in [-0.1, -0.05) is 26.2 Å². The van der Waals surface area contributed by atoms with E-state index in [0.717, 1.165) is 25.6 Å². The SMILES string of the molecule is CCNC(=NCC1CCCCN1CC)NC1CCCC1. The lowest BCUT2D eigenvalue weighted by atomic mass is 10.0. The highest BCUT2D eigenvalue weighted by Gasteiger charge is 2.21. The van der Waals surface area contributed by atoms with Crippen molar-refractivity contribution < 1.29 is 0 Å². The Balaban J connectivity index is 1.86. The van der Waals surface area contributed by atoms with Gasteiger partial charge in [-0.25, -0.2) is 0 Å². The zero-order valence-electron chi connectivity index (χ0n) is 13.3. The first-order chi connectivity index (χ1) is 9.83. The molecule has 4 heteroatoms. The van der Waals surface area contributed by atoms with Crippen LogP contribution < -0.4 is 10.6 Å². The van der Waals surface area contributed by atoms with Crippen molar-refractivity contribution in [2.24, 2.45) is 4.99 Å². The maximum absolute atomic E-state index is 4.85. The quantitative estimate of drug-likeness (QED) is 0.600. The Hall–Kier alpha value is -0.770. The largest absolute Gasteiger partial charge is 0.357 e. The van der Waals surface area contributed by atoms with Crippen molar-refractivity contribution in [2.45, 2.75) is 70.9 Å². The van der Waals surface area contributed by atoms with Gasteiger partial charge in [-0.2, -0.15) is 0 Å². The van der Waals surface area contributed by atoms with Gasteiger partial charge in [0.2, 0.25) is 0 Å². The van der Waals surface area contributed by atoms with Crippen LogP contribution in [0.1, 0.15) is 58.8 Å². The van der Waals surface area contributed by atoms with E-state index in [9.17, 15) is 0 Å². The molecule has 2 N–H and O–H groups in total. The monoisotopic (exact) mass is 280 g/mol. The molecule has 1 saturated carbocycles. The third-order valence-corrected chi connectivity index (χ3v) is 4.66. The number of guanidine groups is 1. The van der Waals surface area contributed by atoms with E-state index in [1.165, 1.54) is 51.5 Å². The molecule has 2 fully saturated rings. The van der Waals surface area contributed by atoms with Gasteiger partial charge in [-0.15, -0.1) is 0 Å². The van der Waals surface area contributed by atoms with E-state index in [1.807, 2.05) is 0 Å². The number of hydrogen-bond donors (Lipinski definition) is 2. The highest BCUT2D eigenvalue weighted by atomic mass is 15.2. The van der Waals surface area contributed by atoms with E-state index in [0.29, 0.717) is 12.1 Å². The molecule has 0 radical (unpaired) electrons. The van der Waals surface area contributed by atoms with E-state index < -0.39 is 0 Å². The first-order valence-electron chi connectivity index (χ1n) is 8.62. The van der Waals surface area contributed by atoms with Gasteiger partial charge in [-0.05, 0) is 45.7 Å². The highest BCUT2D eigenvalue weighted by Crippen LogP contribution is 2.18. The van der Waals surface area contributed by atoms with Crippen molar-refractivity contribution in [1.82, 2.24) is 15.5 Å². The third kappa shape index (κ3) is 4.65. The summed E-state index contributed by atoms with van der Waals surface area (Å²) >= 11 is 0. The molecule has 1 atom stereocenters. The van der Waals surface area contributed by atoms with Gasteiger partial charge in [0.15, 0.2) is 5.96 Å². The molecule has 2 rings (SSSR count). The van der Waals surface area contributed by atoms with Crippen molar-refractivity contribution in [3.63, 3.8) is 0 Å². The number of hydrogen-bond acceptors (Lipinski definition) is 2. The summed E-state index contributed by atoms with van der Waals surface area (Å²) in [5.41, 5.74) is 0. The van der Waals surface area contributed by atoms with Gasteiger partial charge >= 0.3 is 0 Å². The molecule has 0 aromatic rings. The van der Waals surface area contributed by atoms with E-state index in [1.54, 1.807) is 0 Å². The lowest BCUT2D eigenvalue weighted by Crippen LogP contribution is -2.45. The molecular formula is C16H32N4. The molecular weight excluding hydrogens is 248 g/mol. The van der Waals surface area contributed by atoms with Crippen LogP contribution in [0.2, 0.25) is 0 Å². The summed E-state index contributed by atoms with van der Waals surface area (Å²) in [4.78, 5) is 7.44. The van der Waals surface area contributed by atoms with Gasteiger partial charge in [0, 0.05) is 18.6 Å². The summed E-state index contributed by atoms with van der Waals surface area (Å²) in [5.74, 6) is 1.03.